The quantitative estimate of drug-likeness (QED) is 0.227. The maximum absolute atomic E-state index is 11.4. The van der Waals surface area contributed by atoms with Crippen molar-refractivity contribution in [2.75, 3.05) is 6.61 Å². The van der Waals surface area contributed by atoms with E-state index in [1.807, 2.05) is 41.5 Å². The molecule has 0 fully saturated rings. The van der Waals surface area contributed by atoms with Crippen molar-refractivity contribution in [2.45, 2.75) is 72.3 Å². The SMILES string of the molecule is CC(C)O[Si](CCCOC(=O)C(Cl)=CCl)(OC(C)C)OC(C)C. The average molecular weight is 387 g/mol. The van der Waals surface area contributed by atoms with E-state index >= 15 is 0 Å². The summed E-state index contributed by atoms with van der Waals surface area (Å²) in [5.41, 5.74) is 0.981. The number of esters is 1. The third kappa shape index (κ3) is 10.4. The van der Waals surface area contributed by atoms with Crippen LogP contribution in [0.1, 0.15) is 48.0 Å². The minimum absolute atomic E-state index is 0.0182. The van der Waals surface area contributed by atoms with Gasteiger partial charge in [-0.3, -0.25) is 0 Å². The molecular weight excluding hydrogens is 359 g/mol. The summed E-state index contributed by atoms with van der Waals surface area (Å²) >= 11 is 10.9. The lowest BCUT2D eigenvalue weighted by Crippen LogP contribution is -2.50. The van der Waals surface area contributed by atoms with Gasteiger partial charge in [0.05, 0.1) is 6.61 Å². The summed E-state index contributed by atoms with van der Waals surface area (Å²) in [6.45, 7) is 11.9. The van der Waals surface area contributed by atoms with Gasteiger partial charge in [-0.1, -0.05) is 23.2 Å². The molecule has 0 aliphatic rings. The van der Waals surface area contributed by atoms with E-state index in [1.165, 1.54) is 0 Å². The Morgan fingerprint density at radius 3 is 1.78 bits per heavy atom. The molecule has 0 N–H and O–H groups in total. The molecule has 0 spiro atoms. The first-order valence-corrected chi connectivity index (χ1v) is 10.5. The molecule has 0 aromatic rings. The first-order valence-electron chi connectivity index (χ1n) is 7.78. The summed E-state index contributed by atoms with van der Waals surface area (Å²) in [6.07, 6.45) is 0.498. The van der Waals surface area contributed by atoms with Gasteiger partial charge in [-0.15, -0.1) is 0 Å². The zero-order valence-electron chi connectivity index (χ0n) is 14.7. The lowest BCUT2D eigenvalue weighted by Gasteiger charge is -2.34. The van der Waals surface area contributed by atoms with Gasteiger partial charge in [0.1, 0.15) is 5.03 Å². The van der Waals surface area contributed by atoms with E-state index < -0.39 is 14.8 Å². The maximum Gasteiger partial charge on any atom is 0.501 e. The third-order valence-electron chi connectivity index (χ3n) is 2.40. The first-order chi connectivity index (χ1) is 10.6. The van der Waals surface area contributed by atoms with E-state index in [4.69, 9.17) is 41.2 Å². The number of ether oxygens (including phenoxy) is 1. The predicted molar refractivity (Wildman–Crippen MR) is 94.6 cm³/mol. The Kier molecular flexibility index (Phi) is 11.4. The zero-order valence-corrected chi connectivity index (χ0v) is 17.2. The molecule has 0 bridgehead atoms. The molecule has 0 atom stereocenters. The monoisotopic (exact) mass is 386 g/mol. The van der Waals surface area contributed by atoms with E-state index in [9.17, 15) is 4.79 Å². The molecule has 0 unspecified atom stereocenters. The lowest BCUT2D eigenvalue weighted by atomic mass is 10.5. The molecule has 8 heteroatoms. The Morgan fingerprint density at radius 1 is 1.00 bits per heavy atom. The van der Waals surface area contributed by atoms with Crippen molar-refractivity contribution in [3.8, 4) is 0 Å². The van der Waals surface area contributed by atoms with Gasteiger partial charge in [-0.05, 0) is 48.0 Å². The molecule has 0 aliphatic heterocycles. The molecule has 0 radical (unpaired) electrons. The number of carbonyl (C=O) groups excluding carboxylic acids is 1. The average Bonchev–Trinajstić information content (AvgIpc) is 2.39. The smallest absolute Gasteiger partial charge is 0.461 e. The summed E-state index contributed by atoms with van der Waals surface area (Å²) in [4.78, 5) is 11.4. The number of rotatable bonds is 11. The van der Waals surface area contributed by atoms with Gasteiger partial charge in [0.2, 0.25) is 0 Å². The second kappa shape index (κ2) is 11.4. The van der Waals surface area contributed by atoms with Crippen LogP contribution in [0.2, 0.25) is 6.04 Å². The first kappa shape index (κ1) is 22.9. The lowest BCUT2D eigenvalue weighted by molar-refractivity contribution is -0.138. The van der Waals surface area contributed by atoms with Crippen LogP contribution in [0, 0.1) is 0 Å². The molecule has 0 saturated heterocycles. The summed E-state index contributed by atoms with van der Waals surface area (Å²) in [5.74, 6) is -0.645. The highest BCUT2D eigenvalue weighted by Gasteiger charge is 2.43. The van der Waals surface area contributed by atoms with Crippen LogP contribution in [0.15, 0.2) is 10.6 Å². The van der Waals surface area contributed by atoms with Crippen LogP contribution in [0.25, 0.3) is 0 Å². The van der Waals surface area contributed by atoms with Crippen LogP contribution in [-0.4, -0.2) is 39.7 Å². The molecule has 0 aliphatic carbocycles. The fourth-order valence-electron chi connectivity index (χ4n) is 1.90. The van der Waals surface area contributed by atoms with Crippen LogP contribution >= 0.6 is 23.2 Å². The van der Waals surface area contributed by atoms with Gasteiger partial charge < -0.3 is 18.0 Å². The van der Waals surface area contributed by atoms with Crippen LogP contribution in [0.3, 0.4) is 0 Å². The molecule has 23 heavy (non-hydrogen) atoms. The number of hydrogen-bond acceptors (Lipinski definition) is 5. The maximum atomic E-state index is 11.4. The van der Waals surface area contributed by atoms with Crippen molar-refractivity contribution in [3.63, 3.8) is 0 Å². The van der Waals surface area contributed by atoms with Crippen molar-refractivity contribution >= 4 is 38.0 Å². The largest absolute Gasteiger partial charge is 0.501 e. The van der Waals surface area contributed by atoms with Gasteiger partial charge in [-0.25, -0.2) is 4.79 Å². The van der Waals surface area contributed by atoms with Crippen molar-refractivity contribution in [2.24, 2.45) is 0 Å². The fraction of sp³-hybridized carbons (Fsp3) is 0.800. The Labute approximate surface area is 150 Å². The summed E-state index contributed by atoms with van der Waals surface area (Å²) in [6, 6.07) is 0.553. The number of halogens is 2. The van der Waals surface area contributed by atoms with Gasteiger partial charge in [0, 0.05) is 29.9 Å². The van der Waals surface area contributed by atoms with Gasteiger partial charge in [0.15, 0.2) is 0 Å². The summed E-state index contributed by atoms with van der Waals surface area (Å²) in [7, 11) is -2.86. The highest BCUT2D eigenvalue weighted by atomic mass is 35.5. The van der Waals surface area contributed by atoms with Crippen LogP contribution < -0.4 is 0 Å². The summed E-state index contributed by atoms with van der Waals surface area (Å²) < 4.78 is 23.1. The standard InChI is InChI=1S/C15H28Cl2O5Si/c1-11(2)20-23(21-12(3)4,22-13(5)6)9-7-8-19-15(18)14(17)10-16/h10-13H,7-9H2,1-6H3. The minimum atomic E-state index is -2.86. The predicted octanol–water partition coefficient (Wildman–Crippen LogP) is 4.45. The fourth-order valence-corrected chi connectivity index (χ4v) is 5.30. The Balaban J connectivity index is 4.75. The van der Waals surface area contributed by atoms with E-state index in [0.29, 0.717) is 12.5 Å². The third-order valence-corrected chi connectivity index (χ3v) is 6.45. The van der Waals surface area contributed by atoms with Gasteiger partial charge in [-0.2, -0.15) is 0 Å². The second-order valence-corrected chi connectivity index (χ2v) is 9.08. The molecule has 0 aromatic heterocycles. The second-order valence-electron chi connectivity index (χ2n) is 5.88. The number of hydrogen-bond donors (Lipinski definition) is 0. The van der Waals surface area contributed by atoms with Gasteiger partial charge in [0.25, 0.3) is 0 Å². The van der Waals surface area contributed by atoms with Crippen LogP contribution in [0.5, 0.6) is 0 Å². The molecule has 136 valence electrons. The molecule has 0 amide bonds. The molecule has 5 nitrogen and oxygen atoms in total. The molecule has 0 rings (SSSR count). The Bertz CT molecular complexity index is 360. The van der Waals surface area contributed by atoms with E-state index in [0.717, 1.165) is 5.54 Å². The van der Waals surface area contributed by atoms with Crippen LogP contribution in [0.4, 0.5) is 0 Å². The molecule has 0 aromatic carbocycles. The highest BCUT2D eigenvalue weighted by molar-refractivity contribution is 6.60. The van der Waals surface area contributed by atoms with Crippen molar-refractivity contribution < 1.29 is 22.8 Å². The topological polar surface area (TPSA) is 54.0 Å². The molecule has 0 heterocycles. The van der Waals surface area contributed by atoms with Crippen molar-refractivity contribution in [3.05, 3.63) is 10.6 Å². The number of carbonyl (C=O) groups is 1. The Hall–Kier alpha value is -0.113. The zero-order chi connectivity index (χ0) is 18.0. The highest BCUT2D eigenvalue weighted by Crippen LogP contribution is 2.23. The Morgan fingerprint density at radius 2 is 1.43 bits per heavy atom. The van der Waals surface area contributed by atoms with Crippen molar-refractivity contribution in [1.82, 2.24) is 0 Å². The van der Waals surface area contributed by atoms with Crippen molar-refractivity contribution in [1.29, 1.82) is 0 Å². The van der Waals surface area contributed by atoms with E-state index in [2.05, 4.69) is 0 Å². The van der Waals surface area contributed by atoms with E-state index in [1.54, 1.807) is 0 Å². The van der Waals surface area contributed by atoms with Gasteiger partial charge >= 0.3 is 14.8 Å². The minimum Gasteiger partial charge on any atom is -0.461 e. The summed E-state index contributed by atoms with van der Waals surface area (Å²) in [5, 5.41) is -0.148. The molecule has 0 saturated carbocycles. The normalized spacial score (nSPS) is 13.3. The molecular formula is C15H28Cl2O5Si. The van der Waals surface area contributed by atoms with E-state index in [-0.39, 0.29) is 30.0 Å². The van der Waals surface area contributed by atoms with Crippen LogP contribution in [-0.2, 0) is 22.8 Å².